The molecule has 0 spiro atoms. The number of anilines is 2. The van der Waals surface area contributed by atoms with E-state index >= 15 is 4.39 Å². The number of halogens is 1. The van der Waals surface area contributed by atoms with Crippen molar-refractivity contribution in [2.24, 2.45) is 0 Å². The van der Waals surface area contributed by atoms with Crippen LogP contribution in [0.1, 0.15) is 79.9 Å². The number of carbonyl (C=O) groups is 4. The molecule has 1 aliphatic heterocycles. The Balaban J connectivity index is 1.77. The zero-order valence-electron chi connectivity index (χ0n) is 30.6. The smallest absolute Gasteiger partial charge is 0.425 e. The van der Waals surface area contributed by atoms with Gasteiger partial charge in [0.15, 0.2) is 22.5 Å². The fraction of sp³-hybridized carbons (Fsp3) is 0.559. The van der Waals surface area contributed by atoms with Crippen LogP contribution in [-0.2, 0) is 36.9 Å². The van der Waals surface area contributed by atoms with Crippen molar-refractivity contribution in [3.8, 4) is 0 Å². The van der Waals surface area contributed by atoms with Crippen LogP contribution in [0.5, 0.6) is 0 Å². The summed E-state index contributed by atoms with van der Waals surface area (Å²) in [5.74, 6) is -1.58. The van der Waals surface area contributed by atoms with Gasteiger partial charge in [0.1, 0.15) is 28.9 Å². The maximum Gasteiger partial charge on any atom is 0.425 e. The highest BCUT2D eigenvalue weighted by Gasteiger charge is 2.48. The van der Waals surface area contributed by atoms with E-state index < -0.39 is 59.0 Å². The third-order valence-electron chi connectivity index (χ3n) is 7.51. The predicted octanol–water partition coefficient (Wildman–Crippen LogP) is 4.83. The normalized spacial score (nSPS) is 16.5. The fourth-order valence-electron chi connectivity index (χ4n) is 5.51. The SMILES string of the molecule is COC(=O)[C@@]1(NC(=O)OC(C)(C)C)CCN(c2ccc(F)c(CO)c2Cn2cnc3c(N(C(=O)OC(C)(C)C)C(=O)OC(C)(C)C)ncnc32)C1. The minimum atomic E-state index is -1.49. The van der Waals surface area contributed by atoms with E-state index in [1.807, 2.05) is 0 Å². The lowest BCUT2D eigenvalue weighted by Crippen LogP contribution is -2.57. The molecule has 0 unspecified atom stereocenters. The van der Waals surface area contributed by atoms with E-state index in [9.17, 15) is 24.3 Å². The molecule has 2 aromatic heterocycles. The van der Waals surface area contributed by atoms with Crippen LogP contribution in [0.3, 0.4) is 0 Å². The fourth-order valence-corrected chi connectivity index (χ4v) is 5.51. The Morgan fingerprint density at radius 3 is 2.08 bits per heavy atom. The molecule has 17 heteroatoms. The van der Waals surface area contributed by atoms with E-state index in [2.05, 4.69) is 20.3 Å². The molecule has 51 heavy (non-hydrogen) atoms. The second-order valence-electron chi connectivity index (χ2n) is 15.1. The van der Waals surface area contributed by atoms with E-state index in [1.165, 1.54) is 30.1 Å². The molecule has 1 saturated heterocycles. The molecule has 0 aliphatic carbocycles. The number of esters is 1. The molecule has 1 atom stereocenters. The Hall–Kier alpha value is -5.06. The van der Waals surface area contributed by atoms with Crippen LogP contribution in [0.2, 0.25) is 0 Å². The second kappa shape index (κ2) is 14.3. The number of aliphatic hydroxyl groups excluding tert-OH is 1. The first-order chi connectivity index (χ1) is 23.6. The van der Waals surface area contributed by atoms with Crippen molar-refractivity contribution < 1.29 is 47.6 Å². The topological polar surface area (TPSA) is 188 Å². The van der Waals surface area contributed by atoms with E-state index in [0.717, 1.165) is 6.33 Å². The van der Waals surface area contributed by atoms with Crippen molar-refractivity contribution >= 4 is 46.9 Å². The summed E-state index contributed by atoms with van der Waals surface area (Å²) in [6, 6.07) is 2.71. The van der Waals surface area contributed by atoms with E-state index in [1.54, 1.807) is 67.2 Å². The lowest BCUT2D eigenvalue weighted by Gasteiger charge is -2.30. The Morgan fingerprint density at radius 1 is 0.922 bits per heavy atom. The highest BCUT2D eigenvalue weighted by molar-refractivity contribution is 6.12. The van der Waals surface area contributed by atoms with Crippen LogP contribution in [0.15, 0.2) is 24.8 Å². The van der Waals surface area contributed by atoms with E-state index in [4.69, 9.17) is 18.9 Å². The first-order valence-electron chi connectivity index (χ1n) is 16.3. The number of aromatic nitrogens is 4. The average molecular weight is 716 g/mol. The van der Waals surface area contributed by atoms with Gasteiger partial charge in [0.2, 0.25) is 0 Å². The Labute approximate surface area is 295 Å². The van der Waals surface area contributed by atoms with Gasteiger partial charge in [0, 0.05) is 29.8 Å². The van der Waals surface area contributed by atoms with Crippen molar-refractivity contribution in [3.05, 3.63) is 41.7 Å². The van der Waals surface area contributed by atoms with Crippen molar-refractivity contribution in [2.75, 3.05) is 30.0 Å². The third kappa shape index (κ3) is 9.00. The Kier molecular flexibility index (Phi) is 10.8. The zero-order valence-corrected chi connectivity index (χ0v) is 30.6. The number of ether oxygens (including phenoxy) is 4. The van der Waals surface area contributed by atoms with Crippen LogP contribution in [0.25, 0.3) is 11.2 Å². The Bertz CT molecular complexity index is 1780. The molecular weight excluding hydrogens is 669 g/mol. The molecule has 1 aromatic carbocycles. The molecule has 3 aromatic rings. The molecule has 278 valence electrons. The highest BCUT2D eigenvalue weighted by Crippen LogP contribution is 2.35. The zero-order chi connectivity index (χ0) is 38.1. The number of imide groups is 1. The summed E-state index contributed by atoms with van der Waals surface area (Å²) in [4.78, 5) is 68.0. The number of amides is 3. The summed E-state index contributed by atoms with van der Waals surface area (Å²) in [6.07, 6.45) is -0.274. The number of imidazole rings is 1. The molecule has 1 fully saturated rings. The summed E-state index contributed by atoms with van der Waals surface area (Å²) in [6.45, 7) is 14.3. The molecule has 4 rings (SSSR count). The summed E-state index contributed by atoms with van der Waals surface area (Å²) in [5, 5.41) is 13.0. The molecule has 3 amide bonds. The monoisotopic (exact) mass is 715 g/mol. The molecule has 0 bridgehead atoms. The molecule has 16 nitrogen and oxygen atoms in total. The van der Waals surface area contributed by atoms with Crippen molar-refractivity contribution in [2.45, 2.75) is 104 Å². The van der Waals surface area contributed by atoms with Crippen LogP contribution in [0, 0.1) is 5.82 Å². The minimum Gasteiger partial charge on any atom is -0.467 e. The first kappa shape index (κ1) is 38.7. The summed E-state index contributed by atoms with van der Waals surface area (Å²) in [7, 11) is 1.21. The van der Waals surface area contributed by atoms with Gasteiger partial charge in [-0.25, -0.2) is 38.5 Å². The number of carbonyl (C=O) groups excluding carboxylic acids is 4. The number of methoxy groups -OCH3 is 1. The molecule has 0 radical (unpaired) electrons. The van der Waals surface area contributed by atoms with Crippen LogP contribution in [-0.4, -0.2) is 91.4 Å². The van der Waals surface area contributed by atoms with E-state index in [0.29, 0.717) is 16.2 Å². The molecule has 3 heterocycles. The van der Waals surface area contributed by atoms with Gasteiger partial charge < -0.3 is 38.8 Å². The first-order valence-corrected chi connectivity index (χ1v) is 16.3. The quantitative estimate of drug-likeness (QED) is 0.250. The summed E-state index contributed by atoms with van der Waals surface area (Å²) in [5.41, 5.74) is -3.31. The number of rotatable bonds is 7. The lowest BCUT2D eigenvalue weighted by molar-refractivity contribution is -0.147. The number of hydrogen-bond acceptors (Lipinski definition) is 13. The van der Waals surface area contributed by atoms with Gasteiger partial charge in [0.05, 0.1) is 33.1 Å². The average Bonchev–Trinajstić information content (AvgIpc) is 3.60. The number of nitrogens with one attached hydrogen (secondary N) is 1. The van der Waals surface area contributed by atoms with Gasteiger partial charge in [-0.05, 0) is 74.4 Å². The number of aliphatic hydroxyl groups is 1. The second-order valence-corrected chi connectivity index (χ2v) is 15.1. The maximum atomic E-state index is 15.3. The number of fused-ring (bicyclic) bond motifs is 1. The number of nitrogens with zero attached hydrogens (tertiary/aromatic N) is 6. The van der Waals surface area contributed by atoms with Crippen LogP contribution in [0.4, 0.5) is 30.3 Å². The summed E-state index contributed by atoms with van der Waals surface area (Å²) >= 11 is 0. The van der Waals surface area contributed by atoms with Crippen molar-refractivity contribution in [3.63, 3.8) is 0 Å². The standard InChI is InChI=1S/C34H46FN7O9/c1-31(2,3)49-28(45)39-34(27(44)48-10)13-14-40(17-34)23-12-11-22(35)21(16-43)20(23)15-41-19-38-24-25(41)36-18-37-26(24)42(29(46)50-32(4,5)6)30(47)51-33(7,8)9/h11-12,18-19,43H,13-17H2,1-10H3,(H,39,45)/t34-/m1/s1. The molecule has 2 N–H and O–H groups in total. The highest BCUT2D eigenvalue weighted by atomic mass is 19.1. The van der Waals surface area contributed by atoms with Gasteiger partial charge in [0.25, 0.3) is 0 Å². The number of benzene rings is 1. The van der Waals surface area contributed by atoms with Crippen molar-refractivity contribution in [1.82, 2.24) is 24.8 Å². The van der Waals surface area contributed by atoms with Gasteiger partial charge in [-0.15, -0.1) is 0 Å². The van der Waals surface area contributed by atoms with Gasteiger partial charge >= 0.3 is 24.2 Å². The van der Waals surface area contributed by atoms with Crippen LogP contribution >= 0.6 is 0 Å². The van der Waals surface area contributed by atoms with E-state index in [-0.39, 0.29) is 48.6 Å². The molecular formula is C34H46FN7O9. The lowest BCUT2D eigenvalue weighted by atomic mass is 9.99. The third-order valence-corrected chi connectivity index (χ3v) is 7.51. The van der Waals surface area contributed by atoms with Gasteiger partial charge in [-0.1, -0.05) is 0 Å². The van der Waals surface area contributed by atoms with Crippen molar-refractivity contribution in [1.29, 1.82) is 0 Å². The minimum absolute atomic E-state index is 0.0246. The van der Waals surface area contributed by atoms with Gasteiger partial charge in [-0.2, -0.15) is 4.90 Å². The summed E-state index contributed by atoms with van der Waals surface area (Å²) < 4.78 is 38.3. The molecule has 0 saturated carbocycles. The van der Waals surface area contributed by atoms with Gasteiger partial charge in [-0.3, -0.25) is 0 Å². The largest absolute Gasteiger partial charge is 0.467 e. The number of hydrogen-bond donors (Lipinski definition) is 2. The number of alkyl carbamates (subject to hydrolysis) is 1. The van der Waals surface area contributed by atoms with Crippen LogP contribution < -0.4 is 15.1 Å². The Morgan fingerprint density at radius 2 is 1.53 bits per heavy atom. The molecule has 1 aliphatic rings. The maximum absolute atomic E-state index is 15.3. The predicted molar refractivity (Wildman–Crippen MR) is 183 cm³/mol.